The number of hydrogen-bond donors (Lipinski definition) is 0. The van der Waals surface area contributed by atoms with E-state index in [4.69, 9.17) is 9.47 Å². The van der Waals surface area contributed by atoms with Crippen LogP contribution in [0.4, 0.5) is 0 Å². The van der Waals surface area contributed by atoms with Crippen LogP contribution in [0.1, 0.15) is 37.7 Å². The average molecular weight is 389 g/mol. The lowest BCUT2D eigenvalue weighted by molar-refractivity contribution is 0.121. The van der Waals surface area contributed by atoms with Crippen LogP contribution >= 0.6 is 0 Å². The van der Waals surface area contributed by atoms with Crippen LogP contribution in [-0.4, -0.2) is 77.5 Å². The van der Waals surface area contributed by atoms with Crippen LogP contribution in [0, 0.1) is 5.92 Å². The summed E-state index contributed by atoms with van der Waals surface area (Å²) in [5.41, 5.74) is 1.11. The molecule has 0 spiro atoms. The highest BCUT2D eigenvalue weighted by atomic mass is 16.5. The lowest BCUT2D eigenvalue weighted by Crippen LogP contribution is -2.46. The van der Waals surface area contributed by atoms with E-state index in [0.717, 1.165) is 62.0 Å². The van der Waals surface area contributed by atoms with Crippen molar-refractivity contribution in [2.45, 2.75) is 32.9 Å². The molecule has 2 heterocycles. The van der Waals surface area contributed by atoms with Gasteiger partial charge in [0.2, 0.25) is 0 Å². The van der Waals surface area contributed by atoms with Crippen molar-refractivity contribution >= 4 is 0 Å². The summed E-state index contributed by atoms with van der Waals surface area (Å²) < 4.78 is 12.9. The molecular formula is C20H32N6O2. The molecule has 0 radical (unpaired) electrons. The van der Waals surface area contributed by atoms with Gasteiger partial charge in [0.1, 0.15) is 0 Å². The van der Waals surface area contributed by atoms with E-state index >= 15 is 0 Å². The topological polar surface area (TPSA) is 68.5 Å². The number of piperazine rings is 1. The van der Waals surface area contributed by atoms with Crippen molar-refractivity contribution in [1.29, 1.82) is 0 Å². The van der Waals surface area contributed by atoms with Crippen molar-refractivity contribution in [2.75, 3.05) is 47.4 Å². The summed E-state index contributed by atoms with van der Waals surface area (Å²) in [6.07, 6.45) is 1.04. The molecule has 1 aromatic carbocycles. The van der Waals surface area contributed by atoms with E-state index in [1.807, 2.05) is 16.8 Å². The first-order valence-corrected chi connectivity index (χ1v) is 9.94. The fourth-order valence-corrected chi connectivity index (χ4v) is 3.57. The lowest BCUT2D eigenvalue weighted by Gasteiger charge is -2.37. The molecular weight excluding hydrogens is 356 g/mol. The zero-order valence-corrected chi connectivity index (χ0v) is 17.6. The molecule has 28 heavy (non-hydrogen) atoms. The highest BCUT2D eigenvalue weighted by Crippen LogP contribution is 2.35. The van der Waals surface area contributed by atoms with Gasteiger partial charge in [-0.05, 0) is 47.5 Å². The number of ether oxygens (including phenoxy) is 2. The Balaban J connectivity index is 1.98. The SMILES string of the molecule is COc1ccc(C(c2nnnn2CCC(C)C)N2CCN(C)CC2)cc1OC. The minimum Gasteiger partial charge on any atom is -0.493 e. The molecule has 1 unspecified atom stereocenters. The first-order valence-electron chi connectivity index (χ1n) is 9.94. The van der Waals surface area contributed by atoms with Crippen molar-refractivity contribution in [3.05, 3.63) is 29.6 Å². The number of rotatable bonds is 8. The van der Waals surface area contributed by atoms with Crippen molar-refractivity contribution in [3.8, 4) is 11.5 Å². The van der Waals surface area contributed by atoms with Gasteiger partial charge >= 0.3 is 0 Å². The van der Waals surface area contributed by atoms with Gasteiger partial charge in [0.25, 0.3) is 0 Å². The molecule has 1 aliphatic rings. The Labute approximate surface area is 167 Å². The molecule has 1 aromatic heterocycles. The molecule has 1 atom stereocenters. The van der Waals surface area contributed by atoms with Gasteiger partial charge in [0, 0.05) is 32.7 Å². The number of aromatic nitrogens is 4. The maximum Gasteiger partial charge on any atom is 0.173 e. The van der Waals surface area contributed by atoms with E-state index in [2.05, 4.69) is 52.3 Å². The fraction of sp³-hybridized carbons (Fsp3) is 0.650. The summed E-state index contributed by atoms with van der Waals surface area (Å²) >= 11 is 0. The lowest BCUT2D eigenvalue weighted by atomic mass is 10.0. The summed E-state index contributed by atoms with van der Waals surface area (Å²) in [4.78, 5) is 4.81. The van der Waals surface area contributed by atoms with Gasteiger partial charge in [0.05, 0.1) is 20.3 Å². The van der Waals surface area contributed by atoms with Gasteiger partial charge < -0.3 is 14.4 Å². The number of likely N-dealkylation sites (N-methyl/N-ethyl adjacent to an activating group) is 1. The van der Waals surface area contributed by atoms with E-state index in [9.17, 15) is 0 Å². The van der Waals surface area contributed by atoms with E-state index in [1.165, 1.54) is 0 Å². The van der Waals surface area contributed by atoms with Crippen molar-refractivity contribution in [1.82, 2.24) is 30.0 Å². The standard InChI is InChI=1S/C20H32N6O2/c1-15(2)8-9-26-20(21-22-23-26)19(25-12-10-24(3)11-13-25)16-6-7-17(27-4)18(14-16)28-5/h6-7,14-15,19H,8-13H2,1-5H3. The number of nitrogens with zero attached hydrogens (tertiary/aromatic N) is 6. The van der Waals surface area contributed by atoms with Crippen molar-refractivity contribution in [2.24, 2.45) is 5.92 Å². The van der Waals surface area contributed by atoms with Crippen LogP contribution in [0.5, 0.6) is 11.5 Å². The molecule has 0 amide bonds. The normalized spacial score (nSPS) is 17.1. The minimum atomic E-state index is -0.0179. The first-order chi connectivity index (χ1) is 13.5. The van der Waals surface area contributed by atoms with Gasteiger partial charge in [-0.1, -0.05) is 19.9 Å². The molecule has 8 heteroatoms. The quantitative estimate of drug-likeness (QED) is 0.686. The summed E-state index contributed by atoms with van der Waals surface area (Å²) in [7, 11) is 5.48. The summed E-state index contributed by atoms with van der Waals surface area (Å²) in [5, 5.41) is 12.7. The number of tetrazole rings is 1. The van der Waals surface area contributed by atoms with Crippen LogP contribution < -0.4 is 9.47 Å². The van der Waals surface area contributed by atoms with Crippen molar-refractivity contribution in [3.63, 3.8) is 0 Å². The van der Waals surface area contributed by atoms with E-state index < -0.39 is 0 Å². The van der Waals surface area contributed by atoms with E-state index in [-0.39, 0.29) is 6.04 Å². The minimum absolute atomic E-state index is 0.0179. The maximum atomic E-state index is 5.55. The molecule has 8 nitrogen and oxygen atoms in total. The van der Waals surface area contributed by atoms with Gasteiger partial charge in [0.15, 0.2) is 17.3 Å². The van der Waals surface area contributed by atoms with E-state index in [1.54, 1.807) is 14.2 Å². The zero-order chi connectivity index (χ0) is 20.1. The highest BCUT2D eigenvalue weighted by Gasteiger charge is 2.30. The first kappa shape index (κ1) is 20.5. The third kappa shape index (κ3) is 4.62. The Hall–Kier alpha value is -2.19. The second-order valence-corrected chi connectivity index (χ2v) is 7.80. The molecule has 1 saturated heterocycles. The third-order valence-corrected chi connectivity index (χ3v) is 5.35. The van der Waals surface area contributed by atoms with Crippen molar-refractivity contribution < 1.29 is 9.47 Å². The molecule has 154 valence electrons. The molecule has 0 saturated carbocycles. The average Bonchev–Trinajstić information content (AvgIpc) is 3.16. The third-order valence-electron chi connectivity index (χ3n) is 5.35. The number of aryl methyl sites for hydroxylation is 1. The fourth-order valence-electron chi connectivity index (χ4n) is 3.57. The predicted octanol–water partition coefficient (Wildman–Crippen LogP) is 2.07. The second-order valence-electron chi connectivity index (χ2n) is 7.80. The Morgan fingerprint density at radius 2 is 1.75 bits per heavy atom. The molecule has 1 aliphatic heterocycles. The predicted molar refractivity (Wildman–Crippen MR) is 108 cm³/mol. The molecule has 0 N–H and O–H groups in total. The number of methoxy groups -OCH3 is 2. The number of benzene rings is 1. The van der Waals surface area contributed by atoms with Gasteiger partial charge in [-0.25, -0.2) is 4.68 Å². The van der Waals surface area contributed by atoms with Crippen LogP contribution in [-0.2, 0) is 6.54 Å². The summed E-state index contributed by atoms with van der Waals surface area (Å²) in [6.45, 7) is 9.23. The molecule has 0 aliphatic carbocycles. The molecule has 3 rings (SSSR count). The molecule has 2 aromatic rings. The van der Waals surface area contributed by atoms with Gasteiger partial charge in [-0.15, -0.1) is 5.10 Å². The van der Waals surface area contributed by atoms with Gasteiger partial charge in [-0.2, -0.15) is 0 Å². The Morgan fingerprint density at radius 1 is 1.04 bits per heavy atom. The van der Waals surface area contributed by atoms with Crippen LogP contribution in [0.3, 0.4) is 0 Å². The van der Waals surface area contributed by atoms with Gasteiger partial charge in [-0.3, -0.25) is 4.90 Å². The smallest absolute Gasteiger partial charge is 0.173 e. The van der Waals surface area contributed by atoms with Crippen LogP contribution in [0.15, 0.2) is 18.2 Å². The second kappa shape index (κ2) is 9.34. The Morgan fingerprint density at radius 3 is 2.39 bits per heavy atom. The van der Waals surface area contributed by atoms with E-state index in [0.29, 0.717) is 5.92 Å². The Bertz CT molecular complexity index is 755. The number of hydrogen-bond acceptors (Lipinski definition) is 7. The zero-order valence-electron chi connectivity index (χ0n) is 17.6. The molecule has 1 fully saturated rings. The van der Waals surface area contributed by atoms with Crippen LogP contribution in [0.25, 0.3) is 0 Å². The Kier molecular flexibility index (Phi) is 6.85. The monoisotopic (exact) mass is 388 g/mol. The largest absolute Gasteiger partial charge is 0.493 e. The summed E-state index contributed by atoms with van der Waals surface area (Å²) in [6, 6.07) is 6.07. The molecule has 0 bridgehead atoms. The highest BCUT2D eigenvalue weighted by molar-refractivity contribution is 5.45. The maximum absolute atomic E-state index is 5.55. The van der Waals surface area contributed by atoms with Crippen LogP contribution in [0.2, 0.25) is 0 Å². The summed E-state index contributed by atoms with van der Waals surface area (Å²) in [5.74, 6) is 2.93.